The Morgan fingerprint density at radius 2 is 2.00 bits per heavy atom. The van der Waals surface area contributed by atoms with Crippen LogP contribution in [0.4, 0.5) is 0 Å². The lowest BCUT2D eigenvalue weighted by atomic mass is 10.2. The maximum absolute atomic E-state index is 11.1. The molecule has 0 spiro atoms. The van der Waals surface area contributed by atoms with Crippen molar-refractivity contribution in [3.05, 3.63) is 23.8 Å². The van der Waals surface area contributed by atoms with Gasteiger partial charge in [0.25, 0.3) is 0 Å². The first-order chi connectivity index (χ1) is 6.08. The van der Waals surface area contributed by atoms with Crippen molar-refractivity contribution < 1.29 is 9.84 Å². The zero-order valence-electron chi connectivity index (χ0n) is 8.33. The Labute approximate surface area is 79.2 Å². The van der Waals surface area contributed by atoms with Crippen molar-refractivity contribution in [1.29, 1.82) is 0 Å². The number of rotatable bonds is 3. The molecule has 13 heavy (non-hydrogen) atoms. The molecule has 1 radical (unpaired) electrons. The Balaban J connectivity index is 2.66. The molecule has 1 aromatic rings. The monoisotopic (exact) mass is 179 g/mol. The molecule has 0 aliphatic carbocycles. The third-order valence-corrected chi connectivity index (χ3v) is 1.61. The zero-order chi connectivity index (χ0) is 9.84. The first-order valence-electron chi connectivity index (χ1n) is 4.49. The van der Waals surface area contributed by atoms with Crippen molar-refractivity contribution in [3.8, 4) is 11.5 Å². The summed E-state index contributed by atoms with van der Waals surface area (Å²) in [5.74, 6) is 1.17. The smallest absolute Gasteiger partial charge is 0.182 e. The molecule has 0 saturated carbocycles. The van der Waals surface area contributed by atoms with Gasteiger partial charge in [-0.15, -0.1) is 0 Å². The lowest BCUT2D eigenvalue weighted by molar-refractivity contribution is 0.268. The van der Waals surface area contributed by atoms with Crippen molar-refractivity contribution >= 4 is 0 Å². The lowest BCUT2D eigenvalue weighted by Gasteiger charge is -2.08. The molecule has 0 amide bonds. The molecule has 0 aromatic heterocycles. The molecule has 2 heteroatoms. The summed E-state index contributed by atoms with van der Waals surface area (Å²) in [6.45, 7) is 6.70. The Kier molecular flexibility index (Phi) is 3.18. The SMILES string of the molecule is Cc1cc([O])cc(OCC(C)C)c1. The maximum atomic E-state index is 11.1. The number of aryl methyl sites for hydroxylation is 1. The van der Waals surface area contributed by atoms with E-state index in [9.17, 15) is 5.11 Å². The van der Waals surface area contributed by atoms with Crippen LogP contribution in [0, 0.1) is 12.8 Å². The number of hydrogen-bond acceptors (Lipinski definition) is 1. The van der Waals surface area contributed by atoms with Gasteiger partial charge in [-0.2, -0.15) is 0 Å². The lowest BCUT2D eigenvalue weighted by Crippen LogP contribution is -2.04. The minimum atomic E-state index is 0.0127. The fraction of sp³-hybridized carbons (Fsp3) is 0.455. The van der Waals surface area contributed by atoms with Crippen molar-refractivity contribution in [2.45, 2.75) is 20.8 Å². The van der Waals surface area contributed by atoms with Crippen molar-refractivity contribution in [2.24, 2.45) is 5.92 Å². The Hall–Kier alpha value is -1.18. The normalized spacial score (nSPS) is 10.5. The summed E-state index contributed by atoms with van der Waals surface area (Å²) in [5.41, 5.74) is 0.950. The van der Waals surface area contributed by atoms with Crippen LogP contribution in [0.15, 0.2) is 18.2 Å². The molecule has 0 heterocycles. The van der Waals surface area contributed by atoms with E-state index in [1.165, 1.54) is 6.07 Å². The van der Waals surface area contributed by atoms with Crippen molar-refractivity contribution in [3.63, 3.8) is 0 Å². The highest BCUT2D eigenvalue weighted by Gasteiger charge is 2.00. The largest absolute Gasteiger partial charge is 0.493 e. The molecular weight excluding hydrogens is 164 g/mol. The second kappa shape index (κ2) is 4.17. The minimum absolute atomic E-state index is 0.0127. The molecule has 1 rings (SSSR count). The average Bonchev–Trinajstić information content (AvgIpc) is 1.99. The van der Waals surface area contributed by atoms with E-state index in [4.69, 9.17) is 4.74 Å². The van der Waals surface area contributed by atoms with Gasteiger partial charge in [0, 0.05) is 6.07 Å². The fourth-order valence-corrected chi connectivity index (χ4v) is 1.06. The Morgan fingerprint density at radius 3 is 2.54 bits per heavy atom. The summed E-state index contributed by atoms with van der Waals surface area (Å²) in [6, 6.07) is 5.00. The molecule has 0 fully saturated rings. The van der Waals surface area contributed by atoms with Gasteiger partial charge in [0.1, 0.15) is 5.75 Å². The minimum Gasteiger partial charge on any atom is -0.493 e. The van der Waals surface area contributed by atoms with E-state index in [0.717, 1.165) is 5.56 Å². The van der Waals surface area contributed by atoms with Gasteiger partial charge >= 0.3 is 0 Å². The fourth-order valence-electron chi connectivity index (χ4n) is 1.06. The highest BCUT2D eigenvalue weighted by molar-refractivity contribution is 5.36. The van der Waals surface area contributed by atoms with E-state index in [1.807, 2.05) is 13.0 Å². The van der Waals surface area contributed by atoms with Crippen LogP contribution < -0.4 is 4.74 Å². The highest BCUT2D eigenvalue weighted by atomic mass is 16.5. The summed E-state index contributed by atoms with van der Waals surface area (Å²) in [5, 5.41) is 11.1. The summed E-state index contributed by atoms with van der Waals surface area (Å²) in [7, 11) is 0. The van der Waals surface area contributed by atoms with Crippen molar-refractivity contribution in [1.82, 2.24) is 0 Å². The van der Waals surface area contributed by atoms with Gasteiger partial charge in [-0.1, -0.05) is 13.8 Å². The summed E-state index contributed by atoms with van der Waals surface area (Å²) in [6.07, 6.45) is 0. The molecule has 71 valence electrons. The molecule has 2 nitrogen and oxygen atoms in total. The number of ether oxygens (including phenoxy) is 1. The second-order valence-electron chi connectivity index (χ2n) is 3.69. The summed E-state index contributed by atoms with van der Waals surface area (Å²) in [4.78, 5) is 0. The molecule has 0 N–H and O–H groups in total. The zero-order valence-corrected chi connectivity index (χ0v) is 8.33. The second-order valence-corrected chi connectivity index (χ2v) is 3.69. The van der Waals surface area contributed by atoms with Gasteiger partial charge in [0.05, 0.1) is 6.61 Å². The van der Waals surface area contributed by atoms with E-state index in [2.05, 4.69) is 13.8 Å². The standard InChI is InChI=1S/C11H15O2/c1-8(2)7-13-11-5-9(3)4-10(12)6-11/h4-6,8H,7H2,1-3H3. The Bertz CT molecular complexity index is 259. The van der Waals surface area contributed by atoms with Gasteiger partial charge in [-0.25, -0.2) is 0 Å². The van der Waals surface area contributed by atoms with Crippen LogP contribution in [-0.2, 0) is 5.11 Å². The van der Waals surface area contributed by atoms with Crippen LogP contribution in [0.25, 0.3) is 0 Å². The first-order valence-corrected chi connectivity index (χ1v) is 4.49. The van der Waals surface area contributed by atoms with Crippen LogP contribution in [0.2, 0.25) is 0 Å². The average molecular weight is 179 g/mol. The van der Waals surface area contributed by atoms with Gasteiger partial charge in [-0.05, 0) is 30.5 Å². The molecule has 0 bridgehead atoms. The van der Waals surface area contributed by atoms with Gasteiger partial charge in [-0.3, -0.25) is 5.11 Å². The van der Waals surface area contributed by atoms with E-state index >= 15 is 0 Å². The van der Waals surface area contributed by atoms with Gasteiger partial charge in [0.15, 0.2) is 5.75 Å². The van der Waals surface area contributed by atoms with Crippen molar-refractivity contribution in [2.75, 3.05) is 6.61 Å². The topological polar surface area (TPSA) is 29.1 Å². The first kappa shape index (κ1) is 9.90. The number of hydrogen-bond donors (Lipinski definition) is 0. The van der Waals surface area contributed by atoms with Gasteiger partial charge in [0.2, 0.25) is 0 Å². The molecule has 1 aromatic carbocycles. The quantitative estimate of drug-likeness (QED) is 0.700. The van der Waals surface area contributed by atoms with E-state index < -0.39 is 0 Å². The third-order valence-electron chi connectivity index (χ3n) is 1.61. The molecular formula is C11H15O2. The molecule has 0 unspecified atom stereocenters. The summed E-state index contributed by atoms with van der Waals surface area (Å²) < 4.78 is 5.43. The predicted molar refractivity (Wildman–Crippen MR) is 51.6 cm³/mol. The van der Waals surface area contributed by atoms with Crippen LogP contribution in [-0.4, -0.2) is 6.61 Å². The molecule has 0 aliphatic rings. The summed E-state index contributed by atoms with van der Waals surface area (Å²) >= 11 is 0. The number of benzene rings is 1. The van der Waals surface area contributed by atoms with Crippen LogP contribution in [0.3, 0.4) is 0 Å². The molecule has 0 atom stereocenters. The Morgan fingerprint density at radius 1 is 1.31 bits per heavy atom. The molecule has 0 saturated heterocycles. The van der Waals surface area contributed by atoms with Crippen LogP contribution in [0.1, 0.15) is 19.4 Å². The van der Waals surface area contributed by atoms with Gasteiger partial charge < -0.3 is 4.74 Å². The van der Waals surface area contributed by atoms with E-state index in [-0.39, 0.29) is 5.75 Å². The highest BCUT2D eigenvalue weighted by Crippen LogP contribution is 2.21. The third kappa shape index (κ3) is 3.36. The molecule has 0 aliphatic heterocycles. The van der Waals surface area contributed by atoms with Crippen LogP contribution >= 0.6 is 0 Å². The van der Waals surface area contributed by atoms with Crippen LogP contribution in [0.5, 0.6) is 11.5 Å². The van der Waals surface area contributed by atoms with E-state index in [1.54, 1.807) is 6.07 Å². The maximum Gasteiger partial charge on any atom is 0.182 e. The predicted octanol–water partition coefficient (Wildman–Crippen LogP) is 3.17. The van der Waals surface area contributed by atoms with E-state index in [0.29, 0.717) is 18.3 Å².